The van der Waals surface area contributed by atoms with Crippen LogP contribution in [-0.2, 0) is 10.0 Å². The molecule has 0 unspecified atom stereocenters. The number of rotatable bonds is 3. The zero-order valence-electron chi connectivity index (χ0n) is 9.82. The highest BCUT2D eigenvalue weighted by molar-refractivity contribution is 7.89. The predicted molar refractivity (Wildman–Crippen MR) is 70.4 cm³/mol. The summed E-state index contributed by atoms with van der Waals surface area (Å²) in [5.74, 6) is -0.460. The molecule has 7 nitrogen and oxygen atoms in total. The number of hydrogen-bond donors (Lipinski definition) is 2. The van der Waals surface area contributed by atoms with Gasteiger partial charge < -0.3 is 5.32 Å². The molecular weight excluding hydrogens is 288 g/mol. The average molecular weight is 298 g/mol. The fraction of sp³-hybridized carbons (Fsp3) is 0.100. The summed E-state index contributed by atoms with van der Waals surface area (Å²) in [7, 11) is -3.82. The molecule has 0 fully saturated rings. The van der Waals surface area contributed by atoms with Gasteiger partial charge in [0.25, 0.3) is 5.91 Å². The van der Waals surface area contributed by atoms with Gasteiger partial charge in [0.2, 0.25) is 10.0 Å². The fourth-order valence-electron chi connectivity index (χ4n) is 1.44. The first-order chi connectivity index (χ1) is 8.88. The van der Waals surface area contributed by atoms with Gasteiger partial charge >= 0.3 is 0 Å². The van der Waals surface area contributed by atoms with E-state index >= 15 is 0 Å². The SMILES string of the molecule is Cc1ccc(NC(=O)c2cnsn2)cc1S(N)(=O)=O. The minimum atomic E-state index is -3.82. The van der Waals surface area contributed by atoms with Gasteiger partial charge in [0, 0.05) is 5.69 Å². The number of carbonyl (C=O) groups is 1. The predicted octanol–water partition coefficient (Wildman–Crippen LogP) is 0.746. The Bertz CT molecular complexity index is 710. The number of aromatic nitrogens is 2. The van der Waals surface area contributed by atoms with E-state index < -0.39 is 15.9 Å². The molecule has 19 heavy (non-hydrogen) atoms. The zero-order valence-corrected chi connectivity index (χ0v) is 11.5. The molecule has 1 aromatic heterocycles. The van der Waals surface area contributed by atoms with E-state index in [1.165, 1.54) is 12.3 Å². The molecule has 0 radical (unpaired) electrons. The van der Waals surface area contributed by atoms with Gasteiger partial charge in [-0.2, -0.15) is 8.75 Å². The summed E-state index contributed by atoms with van der Waals surface area (Å²) in [5, 5.41) is 7.62. The Morgan fingerprint density at radius 3 is 2.74 bits per heavy atom. The van der Waals surface area contributed by atoms with Gasteiger partial charge in [-0.25, -0.2) is 13.6 Å². The Labute approximate surface area is 113 Å². The largest absolute Gasteiger partial charge is 0.321 e. The van der Waals surface area contributed by atoms with Crippen LogP contribution in [0.2, 0.25) is 0 Å². The van der Waals surface area contributed by atoms with Gasteiger partial charge in [0.05, 0.1) is 22.8 Å². The van der Waals surface area contributed by atoms with Gasteiger partial charge in [-0.15, -0.1) is 0 Å². The quantitative estimate of drug-likeness (QED) is 0.867. The van der Waals surface area contributed by atoms with E-state index in [-0.39, 0.29) is 10.6 Å². The molecule has 0 saturated heterocycles. The molecule has 0 spiro atoms. The number of aryl methyl sites for hydroxylation is 1. The second-order valence-corrected chi connectivity index (χ2v) is 5.86. The van der Waals surface area contributed by atoms with Crippen molar-refractivity contribution in [2.24, 2.45) is 5.14 Å². The molecule has 0 atom stereocenters. The number of amides is 1. The van der Waals surface area contributed by atoms with E-state index in [0.717, 1.165) is 11.7 Å². The van der Waals surface area contributed by atoms with Crippen molar-refractivity contribution in [1.82, 2.24) is 8.75 Å². The average Bonchev–Trinajstić information content (AvgIpc) is 2.83. The van der Waals surface area contributed by atoms with Crippen LogP contribution in [0.15, 0.2) is 29.3 Å². The molecule has 2 rings (SSSR count). The third-order valence-corrected chi connectivity index (χ3v) is 3.88. The van der Waals surface area contributed by atoms with Crippen molar-refractivity contribution in [3.05, 3.63) is 35.7 Å². The maximum Gasteiger partial charge on any atom is 0.277 e. The topological polar surface area (TPSA) is 115 Å². The van der Waals surface area contributed by atoms with Crippen LogP contribution in [0.4, 0.5) is 5.69 Å². The van der Waals surface area contributed by atoms with Crippen molar-refractivity contribution in [3.63, 3.8) is 0 Å². The van der Waals surface area contributed by atoms with Crippen LogP contribution in [0.1, 0.15) is 16.1 Å². The smallest absolute Gasteiger partial charge is 0.277 e. The summed E-state index contributed by atoms with van der Waals surface area (Å²) in [5.41, 5.74) is 1.01. The van der Waals surface area contributed by atoms with Crippen LogP contribution in [0, 0.1) is 6.92 Å². The molecule has 1 heterocycles. The summed E-state index contributed by atoms with van der Waals surface area (Å²) in [6, 6.07) is 4.46. The van der Waals surface area contributed by atoms with E-state index in [2.05, 4.69) is 14.1 Å². The summed E-state index contributed by atoms with van der Waals surface area (Å²) >= 11 is 0.912. The van der Waals surface area contributed by atoms with Crippen molar-refractivity contribution < 1.29 is 13.2 Å². The summed E-state index contributed by atoms with van der Waals surface area (Å²) in [4.78, 5) is 11.7. The van der Waals surface area contributed by atoms with E-state index in [4.69, 9.17) is 5.14 Å². The standard InChI is InChI=1S/C10H10N4O3S2/c1-6-2-3-7(4-9(6)19(11,16)17)13-10(15)8-5-12-18-14-8/h2-5H,1H3,(H,13,15)(H2,11,16,17). The molecule has 1 amide bonds. The molecular formula is C10H10N4O3S2. The van der Waals surface area contributed by atoms with Crippen LogP contribution in [0.5, 0.6) is 0 Å². The normalized spacial score (nSPS) is 11.3. The molecule has 2 aromatic rings. The Morgan fingerprint density at radius 2 is 2.16 bits per heavy atom. The zero-order chi connectivity index (χ0) is 14.0. The number of anilines is 1. The summed E-state index contributed by atoms with van der Waals surface area (Å²) in [6.45, 7) is 1.62. The number of hydrogen-bond acceptors (Lipinski definition) is 6. The maximum atomic E-state index is 11.7. The number of sulfonamides is 1. The lowest BCUT2D eigenvalue weighted by Crippen LogP contribution is -2.16. The minimum absolute atomic E-state index is 0.0262. The third-order valence-electron chi connectivity index (χ3n) is 2.35. The van der Waals surface area contributed by atoms with E-state index in [9.17, 15) is 13.2 Å². The summed E-state index contributed by atoms with van der Waals surface area (Å²) in [6.07, 6.45) is 1.33. The monoisotopic (exact) mass is 298 g/mol. The Kier molecular flexibility index (Phi) is 3.60. The van der Waals surface area contributed by atoms with Crippen LogP contribution in [-0.4, -0.2) is 23.1 Å². The first kappa shape index (κ1) is 13.6. The highest BCUT2D eigenvalue weighted by Crippen LogP contribution is 2.19. The van der Waals surface area contributed by atoms with Crippen LogP contribution in [0.25, 0.3) is 0 Å². The Hall–Kier alpha value is -1.84. The molecule has 0 aliphatic carbocycles. The molecule has 1 aromatic carbocycles. The van der Waals surface area contributed by atoms with E-state index in [1.54, 1.807) is 19.1 Å². The molecule has 100 valence electrons. The van der Waals surface area contributed by atoms with Crippen LogP contribution >= 0.6 is 11.7 Å². The lowest BCUT2D eigenvalue weighted by Gasteiger charge is -2.07. The Morgan fingerprint density at radius 1 is 1.42 bits per heavy atom. The second-order valence-electron chi connectivity index (χ2n) is 3.77. The lowest BCUT2D eigenvalue weighted by molar-refractivity contribution is 0.102. The molecule has 3 N–H and O–H groups in total. The molecule has 0 bridgehead atoms. The number of nitrogens with zero attached hydrogens (tertiary/aromatic N) is 2. The first-order valence-electron chi connectivity index (χ1n) is 5.10. The van der Waals surface area contributed by atoms with E-state index in [1.807, 2.05) is 0 Å². The number of nitrogens with one attached hydrogen (secondary N) is 1. The number of nitrogens with two attached hydrogens (primary N) is 1. The van der Waals surface area contributed by atoms with Gasteiger partial charge in [-0.3, -0.25) is 4.79 Å². The number of benzene rings is 1. The van der Waals surface area contributed by atoms with Crippen LogP contribution in [0.3, 0.4) is 0 Å². The van der Waals surface area contributed by atoms with Crippen molar-refractivity contribution >= 4 is 33.3 Å². The molecule has 0 aliphatic heterocycles. The van der Waals surface area contributed by atoms with Crippen molar-refractivity contribution in [3.8, 4) is 0 Å². The van der Waals surface area contributed by atoms with Crippen molar-refractivity contribution in [2.75, 3.05) is 5.32 Å². The lowest BCUT2D eigenvalue weighted by atomic mass is 10.2. The maximum absolute atomic E-state index is 11.7. The third kappa shape index (κ3) is 3.13. The van der Waals surface area contributed by atoms with Gasteiger partial charge in [0.15, 0.2) is 5.69 Å². The van der Waals surface area contributed by atoms with Crippen molar-refractivity contribution in [2.45, 2.75) is 11.8 Å². The number of carbonyl (C=O) groups excluding carboxylic acids is 1. The molecule has 0 aliphatic rings. The second kappa shape index (κ2) is 5.03. The summed E-state index contributed by atoms with van der Waals surface area (Å²) < 4.78 is 30.2. The van der Waals surface area contributed by atoms with Gasteiger partial charge in [0.1, 0.15) is 0 Å². The molecule has 0 saturated carbocycles. The van der Waals surface area contributed by atoms with Gasteiger partial charge in [-0.1, -0.05) is 6.07 Å². The highest BCUT2D eigenvalue weighted by Gasteiger charge is 2.14. The first-order valence-corrected chi connectivity index (χ1v) is 7.38. The fourth-order valence-corrected chi connectivity index (χ4v) is 2.66. The van der Waals surface area contributed by atoms with Gasteiger partial charge in [-0.05, 0) is 24.6 Å². The Balaban J connectivity index is 2.30. The van der Waals surface area contributed by atoms with Crippen molar-refractivity contribution in [1.29, 1.82) is 0 Å². The van der Waals surface area contributed by atoms with Crippen LogP contribution < -0.4 is 10.5 Å². The highest BCUT2D eigenvalue weighted by atomic mass is 32.2. The minimum Gasteiger partial charge on any atom is -0.321 e. The number of primary sulfonamides is 1. The molecule has 9 heteroatoms. The van der Waals surface area contributed by atoms with E-state index in [0.29, 0.717) is 11.3 Å².